The minimum atomic E-state index is -0.382. The summed E-state index contributed by atoms with van der Waals surface area (Å²) in [5.74, 6) is -0.00704. The Hall–Kier alpha value is -1.85. The molecule has 0 fully saturated rings. The van der Waals surface area contributed by atoms with E-state index in [9.17, 15) is 4.79 Å². The Kier molecular flexibility index (Phi) is 1.86. The molecule has 0 radical (unpaired) electrons. The summed E-state index contributed by atoms with van der Waals surface area (Å²) in [6.45, 7) is 0. The Balaban J connectivity index is 3.19. The van der Waals surface area contributed by atoms with Gasteiger partial charge in [0.1, 0.15) is 0 Å². The molecule has 0 spiro atoms. The lowest BCUT2D eigenvalue weighted by molar-refractivity contribution is 0.321. The minimum Gasteiger partial charge on any atom is -0.411 e. The lowest BCUT2D eigenvalue weighted by atomic mass is 10.4. The summed E-state index contributed by atoms with van der Waals surface area (Å²) in [7, 11) is 0. The van der Waals surface area contributed by atoms with E-state index in [2.05, 4.69) is 15.1 Å². The minimum absolute atomic E-state index is 0.00704. The Labute approximate surface area is 61.4 Å². The van der Waals surface area contributed by atoms with E-state index in [4.69, 9.17) is 10.9 Å². The molecule has 58 valence electrons. The number of nitrogens with zero attached hydrogens (tertiary/aromatic N) is 2. The molecule has 0 aliphatic heterocycles. The maximum atomic E-state index is 10.7. The normalized spacial score (nSPS) is 10.5. The summed E-state index contributed by atoms with van der Waals surface area (Å²) in [6.07, 6.45) is 1.02. The van der Waals surface area contributed by atoms with Crippen molar-refractivity contribution >= 4 is 12.2 Å². The molecule has 0 aliphatic rings. The van der Waals surface area contributed by atoms with E-state index in [0.29, 0.717) is 0 Å². The van der Waals surface area contributed by atoms with Gasteiger partial charge in [-0.05, 0) is 0 Å². The second-order valence-corrected chi connectivity index (χ2v) is 1.80. The second-order valence-electron chi connectivity index (χ2n) is 1.80. The SMILES string of the molecule is Nc1nc(/C=N/O)cc(=O)[nH]1. The summed E-state index contributed by atoms with van der Waals surface area (Å²) in [5, 5.41) is 10.8. The highest BCUT2D eigenvalue weighted by atomic mass is 16.4. The number of nitrogen functional groups attached to an aromatic ring is 1. The molecule has 0 saturated heterocycles. The summed E-state index contributed by atoms with van der Waals surface area (Å²) < 4.78 is 0. The average molecular weight is 154 g/mol. The smallest absolute Gasteiger partial charge is 0.252 e. The molecule has 0 atom stereocenters. The van der Waals surface area contributed by atoms with Crippen LogP contribution >= 0.6 is 0 Å². The molecule has 11 heavy (non-hydrogen) atoms. The van der Waals surface area contributed by atoms with Gasteiger partial charge in [0.2, 0.25) is 5.95 Å². The molecule has 1 heterocycles. The molecule has 6 nitrogen and oxygen atoms in total. The van der Waals surface area contributed by atoms with Crippen LogP contribution in [0.2, 0.25) is 0 Å². The number of rotatable bonds is 1. The van der Waals surface area contributed by atoms with Gasteiger partial charge in [-0.1, -0.05) is 5.16 Å². The monoisotopic (exact) mass is 154 g/mol. The van der Waals surface area contributed by atoms with Gasteiger partial charge in [-0.25, -0.2) is 4.98 Å². The van der Waals surface area contributed by atoms with Crippen LogP contribution in [0.3, 0.4) is 0 Å². The third-order valence-corrected chi connectivity index (χ3v) is 0.970. The van der Waals surface area contributed by atoms with Crippen LogP contribution in [0.5, 0.6) is 0 Å². The molecule has 0 aromatic carbocycles. The van der Waals surface area contributed by atoms with E-state index in [1.165, 1.54) is 0 Å². The molecule has 4 N–H and O–H groups in total. The van der Waals surface area contributed by atoms with Crippen LogP contribution in [0.25, 0.3) is 0 Å². The fourth-order valence-electron chi connectivity index (χ4n) is 0.621. The van der Waals surface area contributed by atoms with Crippen molar-refractivity contribution in [1.82, 2.24) is 9.97 Å². The zero-order valence-electron chi connectivity index (χ0n) is 5.48. The van der Waals surface area contributed by atoms with Crippen molar-refractivity contribution < 1.29 is 5.21 Å². The quantitative estimate of drug-likeness (QED) is 0.278. The molecule has 0 bridgehead atoms. The maximum Gasteiger partial charge on any atom is 0.252 e. The fraction of sp³-hybridized carbons (Fsp3) is 0. The molecular formula is C5H6N4O2. The van der Waals surface area contributed by atoms with E-state index in [1.807, 2.05) is 0 Å². The number of anilines is 1. The summed E-state index contributed by atoms with van der Waals surface area (Å²) in [5.41, 5.74) is 5.01. The third-order valence-electron chi connectivity index (χ3n) is 0.970. The van der Waals surface area contributed by atoms with Crippen molar-refractivity contribution in [3.63, 3.8) is 0 Å². The van der Waals surface area contributed by atoms with Crippen LogP contribution in [0.15, 0.2) is 16.0 Å². The first-order valence-electron chi connectivity index (χ1n) is 2.76. The van der Waals surface area contributed by atoms with Crippen LogP contribution in [0.4, 0.5) is 5.95 Å². The molecule has 6 heteroatoms. The van der Waals surface area contributed by atoms with E-state index in [1.54, 1.807) is 0 Å². The predicted octanol–water partition coefficient (Wildman–Crippen LogP) is -0.840. The zero-order chi connectivity index (χ0) is 8.27. The van der Waals surface area contributed by atoms with Crippen LogP contribution in [-0.2, 0) is 0 Å². The number of H-pyrrole nitrogens is 1. The lowest BCUT2D eigenvalue weighted by Crippen LogP contribution is -2.11. The highest BCUT2D eigenvalue weighted by Crippen LogP contribution is 1.87. The molecule has 1 rings (SSSR count). The van der Waals surface area contributed by atoms with Gasteiger partial charge in [-0.2, -0.15) is 0 Å². The highest BCUT2D eigenvalue weighted by Gasteiger charge is 1.93. The molecule has 0 unspecified atom stereocenters. The van der Waals surface area contributed by atoms with E-state index < -0.39 is 0 Å². The van der Waals surface area contributed by atoms with Gasteiger partial charge in [0.25, 0.3) is 5.56 Å². The van der Waals surface area contributed by atoms with Crippen LogP contribution in [-0.4, -0.2) is 21.4 Å². The van der Waals surface area contributed by atoms with Gasteiger partial charge in [-0.15, -0.1) is 0 Å². The molecule has 0 saturated carbocycles. The molecular weight excluding hydrogens is 148 g/mol. The van der Waals surface area contributed by atoms with Gasteiger partial charge in [0.15, 0.2) is 0 Å². The first-order valence-corrected chi connectivity index (χ1v) is 2.76. The molecule has 0 aliphatic carbocycles. The standard InChI is InChI=1S/C5H6N4O2/c6-5-8-3(2-7-11)1-4(10)9-5/h1-2,11H,(H3,6,8,9,10)/b7-2+. The zero-order valence-corrected chi connectivity index (χ0v) is 5.48. The van der Waals surface area contributed by atoms with Gasteiger partial charge in [-0.3, -0.25) is 9.78 Å². The van der Waals surface area contributed by atoms with E-state index in [-0.39, 0.29) is 17.2 Å². The number of hydrogen-bond acceptors (Lipinski definition) is 5. The Morgan fingerprint density at radius 3 is 3.09 bits per heavy atom. The molecule has 1 aromatic heterocycles. The van der Waals surface area contributed by atoms with Crippen LogP contribution in [0, 0.1) is 0 Å². The first kappa shape index (κ1) is 7.26. The third kappa shape index (κ3) is 1.78. The first-order chi connectivity index (χ1) is 5.22. The van der Waals surface area contributed by atoms with Gasteiger partial charge in [0.05, 0.1) is 11.9 Å². The Morgan fingerprint density at radius 1 is 1.82 bits per heavy atom. The lowest BCUT2D eigenvalue weighted by Gasteiger charge is -1.91. The summed E-state index contributed by atoms with van der Waals surface area (Å²) in [6, 6.07) is 1.16. The van der Waals surface area contributed by atoms with Crippen molar-refractivity contribution in [3.8, 4) is 0 Å². The highest BCUT2D eigenvalue weighted by molar-refractivity contribution is 5.76. The van der Waals surface area contributed by atoms with Crippen LogP contribution in [0.1, 0.15) is 5.69 Å². The van der Waals surface area contributed by atoms with Crippen molar-refractivity contribution in [3.05, 3.63) is 22.1 Å². The fourth-order valence-corrected chi connectivity index (χ4v) is 0.621. The molecule has 0 amide bonds. The van der Waals surface area contributed by atoms with Crippen molar-refractivity contribution in [1.29, 1.82) is 0 Å². The summed E-state index contributed by atoms with van der Waals surface area (Å²) in [4.78, 5) is 16.5. The van der Waals surface area contributed by atoms with Gasteiger partial charge < -0.3 is 10.9 Å². The van der Waals surface area contributed by atoms with Crippen molar-refractivity contribution in [2.45, 2.75) is 0 Å². The number of aromatic amines is 1. The average Bonchev–Trinajstić information content (AvgIpc) is 1.85. The van der Waals surface area contributed by atoms with E-state index in [0.717, 1.165) is 12.3 Å². The number of oxime groups is 1. The van der Waals surface area contributed by atoms with E-state index >= 15 is 0 Å². The molecule has 1 aromatic rings. The second kappa shape index (κ2) is 2.82. The Morgan fingerprint density at radius 2 is 2.55 bits per heavy atom. The number of nitrogens with two attached hydrogens (primary N) is 1. The summed E-state index contributed by atoms with van der Waals surface area (Å²) >= 11 is 0. The van der Waals surface area contributed by atoms with Crippen LogP contribution < -0.4 is 11.3 Å². The number of aromatic nitrogens is 2. The Bertz CT molecular complexity index is 329. The maximum absolute atomic E-state index is 10.7. The van der Waals surface area contributed by atoms with Crippen molar-refractivity contribution in [2.75, 3.05) is 5.73 Å². The number of nitrogens with one attached hydrogen (secondary N) is 1. The van der Waals surface area contributed by atoms with Gasteiger partial charge in [0, 0.05) is 6.07 Å². The predicted molar refractivity (Wildman–Crippen MR) is 38.7 cm³/mol. The van der Waals surface area contributed by atoms with Crippen molar-refractivity contribution in [2.24, 2.45) is 5.16 Å². The topological polar surface area (TPSA) is 104 Å². The number of hydrogen-bond donors (Lipinski definition) is 3. The largest absolute Gasteiger partial charge is 0.411 e. The van der Waals surface area contributed by atoms with Gasteiger partial charge >= 0.3 is 0 Å².